The lowest BCUT2D eigenvalue weighted by atomic mass is 10.2. The van der Waals surface area contributed by atoms with Crippen molar-refractivity contribution in [2.45, 2.75) is 18.2 Å². The summed E-state index contributed by atoms with van der Waals surface area (Å²) in [5.41, 5.74) is -0.236. The molecule has 2 unspecified atom stereocenters. The Hall–Kier alpha value is -0.750. The minimum Gasteiger partial charge on any atom is -0.395 e. The number of thioether (sulfide) groups is 1. The molecule has 1 aromatic heterocycles. The van der Waals surface area contributed by atoms with Crippen molar-refractivity contribution >= 4 is 11.8 Å². The summed E-state index contributed by atoms with van der Waals surface area (Å²) < 4.78 is 1.48. The monoisotopic (exact) mass is 203 g/mol. The number of hydrogen-bond acceptors (Lipinski definition) is 4. The quantitative estimate of drug-likeness (QED) is 0.714. The number of rotatable bonds is 4. The minimum absolute atomic E-state index is 0.0234. The summed E-state index contributed by atoms with van der Waals surface area (Å²) in [6.07, 6.45) is 3.36. The Morgan fingerprint density at radius 2 is 2.54 bits per heavy atom. The van der Waals surface area contributed by atoms with Crippen molar-refractivity contribution in [1.82, 2.24) is 14.8 Å². The molecule has 0 amide bonds. The molecule has 0 aliphatic rings. The summed E-state index contributed by atoms with van der Waals surface area (Å²) in [5, 5.41) is 15.0. The smallest absolute Gasteiger partial charge is 0.343 e. The van der Waals surface area contributed by atoms with Gasteiger partial charge in [0, 0.05) is 5.25 Å². The van der Waals surface area contributed by atoms with Crippen molar-refractivity contribution in [3.8, 4) is 0 Å². The van der Waals surface area contributed by atoms with Gasteiger partial charge >= 0.3 is 5.69 Å². The van der Waals surface area contributed by atoms with E-state index in [1.807, 2.05) is 13.2 Å². The van der Waals surface area contributed by atoms with Crippen LogP contribution >= 0.6 is 11.8 Å². The maximum Gasteiger partial charge on any atom is 0.343 e. The van der Waals surface area contributed by atoms with Gasteiger partial charge in [-0.05, 0) is 13.2 Å². The maximum absolute atomic E-state index is 11.2. The Kier molecular flexibility index (Phi) is 3.56. The van der Waals surface area contributed by atoms with Crippen LogP contribution in [0.5, 0.6) is 0 Å². The second-order valence-corrected chi connectivity index (χ2v) is 3.84. The summed E-state index contributed by atoms with van der Waals surface area (Å²) in [7, 11) is 0. The van der Waals surface area contributed by atoms with E-state index >= 15 is 0 Å². The van der Waals surface area contributed by atoms with Gasteiger partial charge in [0.2, 0.25) is 0 Å². The Morgan fingerprint density at radius 3 is 2.92 bits per heavy atom. The Balaban J connectivity index is 2.83. The number of nitrogens with zero attached hydrogens (tertiary/aromatic N) is 2. The van der Waals surface area contributed by atoms with Gasteiger partial charge in [0.25, 0.3) is 0 Å². The molecule has 2 N–H and O–H groups in total. The average molecular weight is 203 g/mol. The molecule has 0 aliphatic heterocycles. The average Bonchev–Trinajstić information content (AvgIpc) is 2.53. The first-order valence-corrected chi connectivity index (χ1v) is 5.24. The highest BCUT2D eigenvalue weighted by Crippen LogP contribution is 2.19. The van der Waals surface area contributed by atoms with Crippen molar-refractivity contribution in [3.05, 3.63) is 16.8 Å². The van der Waals surface area contributed by atoms with Crippen LogP contribution in [0.3, 0.4) is 0 Å². The molecule has 0 saturated heterocycles. The molecule has 6 heteroatoms. The van der Waals surface area contributed by atoms with E-state index in [2.05, 4.69) is 10.2 Å². The van der Waals surface area contributed by atoms with Crippen LogP contribution in [0.25, 0.3) is 0 Å². The first kappa shape index (κ1) is 10.3. The van der Waals surface area contributed by atoms with Crippen LogP contribution in [0, 0.1) is 0 Å². The van der Waals surface area contributed by atoms with E-state index in [1.165, 1.54) is 22.7 Å². The molecule has 2 atom stereocenters. The SMILES string of the molecule is CSC(CO)C(C)n1cn[nH]c1=O. The van der Waals surface area contributed by atoms with E-state index in [1.54, 1.807) is 0 Å². The molecule has 1 rings (SSSR count). The second-order valence-electron chi connectivity index (χ2n) is 2.77. The molecular weight excluding hydrogens is 190 g/mol. The van der Waals surface area contributed by atoms with E-state index in [-0.39, 0.29) is 23.6 Å². The normalized spacial score (nSPS) is 15.6. The Bertz CT molecular complexity index is 305. The molecule has 13 heavy (non-hydrogen) atoms. The molecule has 0 radical (unpaired) electrons. The first-order valence-electron chi connectivity index (χ1n) is 3.96. The second kappa shape index (κ2) is 4.48. The zero-order valence-electron chi connectivity index (χ0n) is 7.60. The number of nitrogens with one attached hydrogen (secondary N) is 1. The number of H-pyrrole nitrogens is 1. The van der Waals surface area contributed by atoms with Gasteiger partial charge in [-0.3, -0.25) is 4.57 Å². The third kappa shape index (κ3) is 2.13. The maximum atomic E-state index is 11.2. The van der Waals surface area contributed by atoms with Crippen molar-refractivity contribution < 1.29 is 5.11 Å². The largest absolute Gasteiger partial charge is 0.395 e. The van der Waals surface area contributed by atoms with Crippen molar-refractivity contribution in [2.75, 3.05) is 12.9 Å². The van der Waals surface area contributed by atoms with E-state index in [0.717, 1.165) is 0 Å². The van der Waals surface area contributed by atoms with Gasteiger partial charge in [0.1, 0.15) is 6.33 Å². The lowest BCUT2D eigenvalue weighted by Gasteiger charge is -2.19. The van der Waals surface area contributed by atoms with Gasteiger partial charge in [-0.1, -0.05) is 0 Å². The van der Waals surface area contributed by atoms with Gasteiger partial charge < -0.3 is 5.11 Å². The fourth-order valence-electron chi connectivity index (χ4n) is 1.15. The first-order chi connectivity index (χ1) is 6.20. The molecule has 5 nitrogen and oxygen atoms in total. The van der Waals surface area contributed by atoms with Crippen LogP contribution < -0.4 is 5.69 Å². The van der Waals surface area contributed by atoms with Crippen molar-refractivity contribution in [2.24, 2.45) is 0 Å². The highest BCUT2D eigenvalue weighted by molar-refractivity contribution is 7.99. The molecule has 0 fully saturated rings. The number of aromatic nitrogens is 3. The van der Waals surface area contributed by atoms with Crippen LogP contribution in [0.1, 0.15) is 13.0 Å². The van der Waals surface area contributed by atoms with Crippen LogP contribution in [0.15, 0.2) is 11.1 Å². The minimum atomic E-state index is -0.236. The van der Waals surface area contributed by atoms with Gasteiger partial charge in [-0.15, -0.1) is 0 Å². The van der Waals surface area contributed by atoms with Gasteiger partial charge in [0.05, 0.1) is 12.6 Å². The molecule has 74 valence electrons. The zero-order valence-corrected chi connectivity index (χ0v) is 8.41. The van der Waals surface area contributed by atoms with E-state index in [4.69, 9.17) is 5.11 Å². The lowest BCUT2D eigenvalue weighted by molar-refractivity contribution is 0.269. The molecular formula is C7H13N3O2S. The van der Waals surface area contributed by atoms with Crippen LogP contribution in [-0.2, 0) is 0 Å². The summed E-state index contributed by atoms with van der Waals surface area (Å²) in [6, 6.07) is -0.0498. The van der Waals surface area contributed by atoms with Crippen LogP contribution in [-0.4, -0.2) is 38.0 Å². The van der Waals surface area contributed by atoms with Gasteiger partial charge in [-0.2, -0.15) is 16.9 Å². The predicted octanol–water partition coefficient (Wildman–Crippen LogP) is -0.144. The molecule has 1 aromatic rings. The Morgan fingerprint density at radius 1 is 1.85 bits per heavy atom. The molecule has 1 heterocycles. The molecule has 0 saturated carbocycles. The summed E-state index contributed by atoms with van der Waals surface area (Å²) in [4.78, 5) is 11.2. The lowest BCUT2D eigenvalue weighted by Crippen LogP contribution is -2.28. The van der Waals surface area contributed by atoms with Gasteiger partial charge in [0.15, 0.2) is 0 Å². The van der Waals surface area contributed by atoms with Gasteiger partial charge in [-0.25, -0.2) is 9.89 Å². The number of aromatic amines is 1. The fraction of sp³-hybridized carbons (Fsp3) is 0.714. The van der Waals surface area contributed by atoms with Crippen LogP contribution in [0.4, 0.5) is 0 Å². The Labute approximate surface area is 80.2 Å². The summed E-state index contributed by atoms with van der Waals surface area (Å²) in [5.74, 6) is 0. The highest BCUT2D eigenvalue weighted by Gasteiger charge is 2.18. The van der Waals surface area contributed by atoms with E-state index < -0.39 is 0 Å². The standard InChI is InChI=1S/C7H13N3O2S/c1-5(6(3-11)13-2)10-4-8-9-7(10)12/h4-6,11H,3H2,1-2H3,(H,9,12). The zero-order chi connectivity index (χ0) is 9.84. The van der Waals surface area contributed by atoms with Crippen molar-refractivity contribution in [3.63, 3.8) is 0 Å². The fourth-order valence-corrected chi connectivity index (χ4v) is 1.82. The molecule has 0 aliphatic carbocycles. The summed E-state index contributed by atoms with van der Waals surface area (Å²) >= 11 is 1.53. The number of aliphatic hydroxyl groups is 1. The third-order valence-corrected chi connectivity index (χ3v) is 3.18. The molecule has 0 spiro atoms. The third-order valence-electron chi connectivity index (χ3n) is 2.04. The summed E-state index contributed by atoms with van der Waals surface area (Å²) in [6.45, 7) is 1.94. The predicted molar refractivity (Wildman–Crippen MR) is 51.9 cm³/mol. The molecule has 0 aromatic carbocycles. The molecule has 0 bridgehead atoms. The number of aliphatic hydroxyl groups excluding tert-OH is 1. The van der Waals surface area contributed by atoms with E-state index in [0.29, 0.717) is 0 Å². The van der Waals surface area contributed by atoms with Crippen LogP contribution in [0.2, 0.25) is 0 Å². The number of hydrogen-bond donors (Lipinski definition) is 2. The van der Waals surface area contributed by atoms with E-state index in [9.17, 15) is 4.79 Å². The highest BCUT2D eigenvalue weighted by atomic mass is 32.2. The van der Waals surface area contributed by atoms with Crippen molar-refractivity contribution in [1.29, 1.82) is 0 Å². The topological polar surface area (TPSA) is 70.9 Å².